The van der Waals surface area contributed by atoms with Crippen LogP contribution in [-0.2, 0) is 16.1 Å². The van der Waals surface area contributed by atoms with Gasteiger partial charge in [0.1, 0.15) is 30.5 Å². The molecule has 0 atom stereocenters. The molecule has 3 rings (SSSR count). The number of amides is 1. The van der Waals surface area contributed by atoms with Gasteiger partial charge in [-0.05, 0) is 37.3 Å². The van der Waals surface area contributed by atoms with Gasteiger partial charge in [0.25, 0.3) is 0 Å². The van der Waals surface area contributed by atoms with Crippen LogP contribution in [0.4, 0.5) is 0 Å². The van der Waals surface area contributed by atoms with Gasteiger partial charge in [-0.1, -0.05) is 24.3 Å². The molecule has 0 bridgehead atoms. The lowest BCUT2D eigenvalue weighted by molar-refractivity contribution is -0.133. The topological polar surface area (TPSA) is 82.8 Å². The highest BCUT2D eigenvalue weighted by Gasteiger charge is 2.15. The molecule has 7 heteroatoms. The third-order valence-electron chi connectivity index (χ3n) is 3.92. The highest BCUT2D eigenvalue weighted by Crippen LogP contribution is 2.25. The molecular weight excluding hydrogens is 360 g/mol. The third kappa shape index (κ3) is 5.34. The second kappa shape index (κ2) is 9.57. The molecule has 0 spiro atoms. The molecule has 0 aliphatic heterocycles. The number of carbonyl (C=O) groups excluding carboxylic acids is 1. The van der Waals surface area contributed by atoms with Crippen LogP contribution in [0.25, 0.3) is 11.5 Å². The number of para-hydroxylation sites is 1. The summed E-state index contributed by atoms with van der Waals surface area (Å²) >= 11 is 0. The minimum absolute atomic E-state index is 0.0544. The molecule has 28 heavy (non-hydrogen) atoms. The summed E-state index contributed by atoms with van der Waals surface area (Å²) < 4.78 is 16.4. The second-order valence-corrected chi connectivity index (χ2v) is 5.97. The molecule has 1 heterocycles. The molecule has 0 saturated carbocycles. The maximum absolute atomic E-state index is 12.1. The average Bonchev–Trinajstić information content (AvgIpc) is 3.09. The summed E-state index contributed by atoms with van der Waals surface area (Å²) in [7, 11) is 1.60. The number of aromatic nitrogens is 1. The van der Waals surface area contributed by atoms with Crippen molar-refractivity contribution in [2.45, 2.75) is 13.3 Å². The molecular formula is C21H22N2O5. The Bertz CT molecular complexity index is 908. The molecule has 1 N–H and O–H groups in total. The quantitative estimate of drug-likeness (QED) is 0.452. The van der Waals surface area contributed by atoms with E-state index in [2.05, 4.69) is 10.5 Å². The van der Waals surface area contributed by atoms with Gasteiger partial charge in [-0.2, -0.15) is 0 Å². The summed E-state index contributed by atoms with van der Waals surface area (Å²) in [6, 6.07) is 16.8. The van der Waals surface area contributed by atoms with Crippen LogP contribution in [0.3, 0.4) is 0 Å². The monoisotopic (exact) mass is 382 g/mol. The Morgan fingerprint density at radius 3 is 2.64 bits per heavy atom. The van der Waals surface area contributed by atoms with Gasteiger partial charge in [0.2, 0.25) is 11.8 Å². The Hall–Kier alpha value is -3.32. The van der Waals surface area contributed by atoms with Crippen molar-refractivity contribution < 1.29 is 23.5 Å². The molecule has 0 saturated heterocycles. The third-order valence-corrected chi connectivity index (χ3v) is 3.92. The van der Waals surface area contributed by atoms with Crippen molar-refractivity contribution in [3.8, 4) is 23.0 Å². The van der Waals surface area contributed by atoms with Gasteiger partial charge in [0.05, 0.1) is 19.2 Å². The van der Waals surface area contributed by atoms with Crippen LogP contribution in [0.1, 0.15) is 11.5 Å². The van der Waals surface area contributed by atoms with Gasteiger partial charge in [-0.3, -0.25) is 9.63 Å². The molecule has 0 fully saturated rings. The van der Waals surface area contributed by atoms with E-state index in [1.54, 1.807) is 14.0 Å². The van der Waals surface area contributed by atoms with Crippen molar-refractivity contribution in [1.82, 2.24) is 10.5 Å². The number of carbonyl (C=O) groups is 1. The smallest absolute Gasteiger partial charge is 0.249 e. The van der Waals surface area contributed by atoms with Crippen molar-refractivity contribution in [3.05, 3.63) is 66.1 Å². The first-order valence-electron chi connectivity index (χ1n) is 8.85. The number of hydrogen-bond acceptors (Lipinski definition) is 6. The van der Waals surface area contributed by atoms with E-state index < -0.39 is 0 Å². The number of nitrogens with one attached hydrogen (secondary N) is 1. The normalized spacial score (nSPS) is 10.5. The minimum Gasteiger partial charge on any atom is -0.497 e. The number of hydrogen-bond donors (Lipinski definition) is 1. The van der Waals surface area contributed by atoms with E-state index in [9.17, 15) is 4.79 Å². The largest absolute Gasteiger partial charge is 0.497 e. The van der Waals surface area contributed by atoms with Crippen LogP contribution in [-0.4, -0.2) is 31.2 Å². The van der Waals surface area contributed by atoms with Crippen LogP contribution < -0.4 is 15.0 Å². The van der Waals surface area contributed by atoms with E-state index in [0.29, 0.717) is 29.7 Å². The van der Waals surface area contributed by atoms with Gasteiger partial charge in [0.15, 0.2) is 0 Å². The Balaban J connectivity index is 1.47. The molecule has 0 radical (unpaired) electrons. The zero-order valence-electron chi connectivity index (χ0n) is 15.8. The standard InChI is InChI=1S/C21H22N2O5/c1-15-19(22-21(28-15)16-7-6-10-18(13-16)25-2)14-20(24)23-27-12-11-26-17-8-4-3-5-9-17/h3-10,13H,11-12,14H2,1-2H3,(H,23,24). The molecule has 0 aliphatic carbocycles. The van der Waals surface area contributed by atoms with Crippen molar-refractivity contribution in [2.75, 3.05) is 20.3 Å². The fourth-order valence-electron chi connectivity index (χ4n) is 2.51. The van der Waals surface area contributed by atoms with Crippen LogP contribution in [0, 0.1) is 6.92 Å². The maximum Gasteiger partial charge on any atom is 0.249 e. The maximum atomic E-state index is 12.1. The van der Waals surface area contributed by atoms with Crippen molar-refractivity contribution >= 4 is 5.91 Å². The van der Waals surface area contributed by atoms with E-state index >= 15 is 0 Å². The molecule has 1 amide bonds. The highest BCUT2D eigenvalue weighted by molar-refractivity contribution is 5.77. The highest BCUT2D eigenvalue weighted by atomic mass is 16.7. The van der Waals surface area contributed by atoms with Gasteiger partial charge in [-0.25, -0.2) is 10.5 Å². The minimum atomic E-state index is -0.312. The molecule has 146 valence electrons. The number of oxazole rings is 1. The van der Waals surface area contributed by atoms with Crippen molar-refractivity contribution in [2.24, 2.45) is 0 Å². The Labute approximate surface area is 163 Å². The summed E-state index contributed by atoms with van der Waals surface area (Å²) in [5.74, 6) is 2.17. The molecule has 0 unspecified atom stereocenters. The molecule has 0 aliphatic rings. The first-order valence-corrected chi connectivity index (χ1v) is 8.85. The van der Waals surface area contributed by atoms with Crippen LogP contribution in [0.15, 0.2) is 59.0 Å². The Kier molecular flexibility index (Phi) is 6.64. The van der Waals surface area contributed by atoms with Crippen LogP contribution in [0.5, 0.6) is 11.5 Å². The van der Waals surface area contributed by atoms with E-state index in [1.165, 1.54) is 0 Å². The van der Waals surface area contributed by atoms with Gasteiger partial charge >= 0.3 is 0 Å². The fourth-order valence-corrected chi connectivity index (χ4v) is 2.51. The van der Waals surface area contributed by atoms with Gasteiger partial charge in [-0.15, -0.1) is 0 Å². The summed E-state index contributed by atoms with van der Waals surface area (Å²) in [4.78, 5) is 21.6. The summed E-state index contributed by atoms with van der Waals surface area (Å²) in [6.07, 6.45) is 0.0544. The number of ether oxygens (including phenoxy) is 2. The number of benzene rings is 2. The lowest BCUT2D eigenvalue weighted by Crippen LogP contribution is -2.27. The lowest BCUT2D eigenvalue weighted by Gasteiger charge is -2.07. The Morgan fingerprint density at radius 2 is 1.86 bits per heavy atom. The molecule has 7 nitrogen and oxygen atoms in total. The summed E-state index contributed by atoms with van der Waals surface area (Å²) in [5, 5.41) is 0. The van der Waals surface area contributed by atoms with Crippen molar-refractivity contribution in [3.63, 3.8) is 0 Å². The SMILES string of the molecule is COc1cccc(-c2nc(CC(=O)NOCCOc3ccccc3)c(C)o2)c1. The van der Waals surface area contributed by atoms with E-state index in [-0.39, 0.29) is 18.9 Å². The van der Waals surface area contributed by atoms with Crippen LogP contribution >= 0.6 is 0 Å². The predicted molar refractivity (Wildman–Crippen MR) is 103 cm³/mol. The second-order valence-electron chi connectivity index (χ2n) is 5.97. The van der Waals surface area contributed by atoms with E-state index in [0.717, 1.165) is 11.3 Å². The van der Waals surface area contributed by atoms with E-state index in [1.807, 2.05) is 54.6 Å². The number of nitrogens with zero attached hydrogens (tertiary/aromatic N) is 1. The number of rotatable bonds is 9. The first kappa shape index (κ1) is 19.4. The fraction of sp³-hybridized carbons (Fsp3) is 0.238. The zero-order chi connectivity index (χ0) is 19.8. The first-order chi connectivity index (χ1) is 13.7. The van der Waals surface area contributed by atoms with Crippen molar-refractivity contribution in [1.29, 1.82) is 0 Å². The van der Waals surface area contributed by atoms with Gasteiger partial charge < -0.3 is 13.9 Å². The van der Waals surface area contributed by atoms with Crippen LogP contribution in [0.2, 0.25) is 0 Å². The van der Waals surface area contributed by atoms with Gasteiger partial charge in [0, 0.05) is 5.56 Å². The summed E-state index contributed by atoms with van der Waals surface area (Å²) in [5.41, 5.74) is 3.73. The number of hydroxylamine groups is 1. The number of aryl methyl sites for hydroxylation is 1. The molecule has 1 aromatic heterocycles. The lowest BCUT2D eigenvalue weighted by atomic mass is 10.2. The number of methoxy groups -OCH3 is 1. The Morgan fingerprint density at radius 1 is 1.07 bits per heavy atom. The van der Waals surface area contributed by atoms with E-state index in [4.69, 9.17) is 18.7 Å². The predicted octanol–water partition coefficient (Wildman–Crippen LogP) is 3.33. The zero-order valence-corrected chi connectivity index (χ0v) is 15.8. The average molecular weight is 382 g/mol. The molecule has 3 aromatic rings. The summed E-state index contributed by atoms with van der Waals surface area (Å²) in [6.45, 7) is 2.33. The molecule has 2 aromatic carbocycles.